The first kappa shape index (κ1) is 15.8. The van der Waals surface area contributed by atoms with Crippen molar-refractivity contribution in [1.82, 2.24) is 5.32 Å². The first-order valence-electron chi connectivity index (χ1n) is 7.13. The van der Waals surface area contributed by atoms with Crippen molar-refractivity contribution in [2.75, 3.05) is 6.54 Å². The second kappa shape index (κ2) is 7.41. The van der Waals surface area contributed by atoms with E-state index in [4.69, 9.17) is 4.74 Å². The van der Waals surface area contributed by atoms with Crippen LogP contribution in [0.2, 0.25) is 0 Å². The van der Waals surface area contributed by atoms with E-state index in [1.54, 1.807) is 12.1 Å². The fraction of sp³-hybridized carbons (Fsp3) is 0.222. The molecule has 1 amide bonds. The van der Waals surface area contributed by atoms with E-state index in [0.717, 1.165) is 16.7 Å². The summed E-state index contributed by atoms with van der Waals surface area (Å²) in [5.74, 6) is -0.169. The molecule has 2 aromatic rings. The lowest BCUT2D eigenvalue weighted by molar-refractivity contribution is -0.135. The minimum atomic E-state index is -0.480. The number of benzene rings is 2. The van der Waals surface area contributed by atoms with E-state index in [1.807, 2.05) is 50.2 Å². The number of para-hydroxylation sites is 1. The summed E-state index contributed by atoms with van der Waals surface area (Å²) in [6.07, 6.45) is 0.248. The van der Waals surface area contributed by atoms with E-state index in [0.29, 0.717) is 5.75 Å². The molecule has 0 spiro atoms. The maximum atomic E-state index is 11.8. The molecule has 2 aromatic carbocycles. The summed E-state index contributed by atoms with van der Waals surface area (Å²) in [7, 11) is 0. The van der Waals surface area contributed by atoms with Crippen LogP contribution in [0.4, 0.5) is 0 Å². The Bertz CT molecular complexity index is 662. The van der Waals surface area contributed by atoms with E-state index < -0.39 is 5.97 Å². The second-order valence-corrected chi connectivity index (χ2v) is 5.18. The first-order chi connectivity index (χ1) is 10.5. The SMILES string of the molecule is Cc1ccc(CC(=O)NCC(=O)Oc2ccccc2C)cc1. The van der Waals surface area contributed by atoms with Crippen molar-refractivity contribution < 1.29 is 14.3 Å². The second-order valence-electron chi connectivity index (χ2n) is 5.18. The third-order valence-corrected chi connectivity index (χ3v) is 3.23. The Labute approximate surface area is 130 Å². The van der Waals surface area contributed by atoms with Gasteiger partial charge in [0.25, 0.3) is 0 Å². The molecule has 1 N–H and O–H groups in total. The third-order valence-electron chi connectivity index (χ3n) is 3.23. The molecule has 2 rings (SSSR count). The van der Waals surface area contributed by atoms with Gasteiger partial charge >= 0.3 is 5.97 Å². The molecule has 0 radical (unpaired) electrons. The fourth-order valence-electron chi connectivity index (χ4n) is 1.95. The lowest BCUT2D eigenvalue weighted by atomic mass is 10.1. The monoisotopic (exact) mass is 297 g/mol. The molecular formula is C18H19NO3. The van der Waals surface area contributed by atoms with Gasteiger partial charge in [0.2, 0.25) is 5.91 Å². The van der Waals surface area contributed by atoms with Crippen LogP contribution in [0.15, 0.2) is 48.5 Å². The molecule has 0 bridgehead atoms. The van der Waals surface area contributed by atoms with Gasteiger partial charge in [-0.05, 0) is 31.0 Å². The maximum absolute atomic E-state index is 11.8. The molecule has 0 fully saturated rings. The van der Waals surface area contributed by atoms with Gasteiger partial charge in [0.15, 0.2) is 0 Å². The van der Waals surface area contributed by atoms with Gasteiger partial charge in [-0.3, -0.25) is 4.79 Å². The number of hydrogen-bond acceptors (Lipinski definition) is 3. The van der Waals surface area contributed by atoms with Crippen molar-refractivity contribution in [1.29, 1.82) is 0 Å². The van der Waals surface area contributed by atoms with Crippen LogP contribution in [0.1, 0.15) is 16.7 Å². The summed E-state index contributed by atoms with van der Waals surface area (Å²) in [5, 5.41) is 2.57. The van der Waals surface area contributed by atoms with Gasteiger partial charge in [-0.2, -0.15) is 0 Å². The van der Waals surface area contributed by atoms with Gasteiger partial charge in [0, 0.05) is 0 Å². The van der Waals surface area contributed by atoms with E-state index in [2.05, 4.69) is 5.32 Å². The number of rotatable bonds is 5. The van der Waals surface area contributed by atoms with Gasteiger partial charge in [0.1, 0.15) is 12.3 Å². The smallest absolute Gasteiger partial charge is 0.330 e. The van der Waals surface area contributed by atoms with Crippen molar-refractivity contribution >= 4 is 11.9 Å². The Balaban J connectivity index is 1.79. The molecule has 114 valence electrons. The number of carbonyl (C=O) groups excluding carboxylic acids is 2. The highest BCUT2D eigenvalue weighted by atomic mass is 16.5. The summed E-state index contributed by atoms with van der Waals surface area (Å²) in [6.45, 7) is 3.71. The first-order valence-corrected chi connectivity index (χ1v) is 7.13. The van der Waals surface area contributed by atoms with Crippen molar-refractivity contribution in [3.63, 3.8) is 0 Å². The van der Waals surface area contributed by atoms with Crippen molar-refractivity contribution in [2.45, 2.75) is 20.3 Å². The van der Waals surface area contributed by atoms with Crippen molar-refractivity contribution in [3.8, 4) is 5.75 Å². The topological polar surface area (TPSA) is 55.4 Å². The number of esters is 1. The maximum Gasteiger partial charge on any atom is 0.330 e. The molecule has 0 saturated heterocycles. The van der Waals surface area contributed by atoms with Crippen LogP contribution in [-0.4, -0.2) is 18.4 Å². The number of hydrogen-bond donors (Lipinski definition) is 1. The van der Waals surface area contributed by atoms with Gasteiger partial charge in [-0.25, -0.2) is 4.79 Å². The highest BCUT2D eigenvalue weighted by molar-refractivity contribution is 5.84. The number of amides is 1. The molecular weight excluding hydrogens is 278 g/mol. The molecule has 22 heavy (non-hydrogen) atoms. The summed E-state index contributed by atoms with van der Waals surface area (Å²) < 4.78 is 5.21. The molecule has 0 heterocycles. The highest BCUT2D eigenvalue weighted by Crippen LogP contribution is 2.15. The van der Waals surface area contributed by atoms with Crippen molar-refractivity contribution in [2.24, 2.45) is 0 Å². The zero-order chi connectivity index (χ0) is 15.9. The molecule has 0 aliphatic rings. The Kier molecular flexibility index (Phi) is 5.31. The van der Waals surface area contributed by atoms with Crippen LogP contribution in [0, 0.1) is 13.8 Å². The molecule has 0 aliphatic heterocycles. The third kappa shape index (κ3) is 4.74. The Morgan fingerprint density at radius 2 is 1.68 bits per heavy atom. The Morgan fingerprint density at radius 1 is 1.00 bits per heavy atom. The molecule has 4 nitrogen and oxygen atoms in total. The van der Waals surface area contributed by atoms with E-state index in [-0.39, 0.29) is 18.9 Å². The van der Waals surface area contributed by atoms with E-state index in [1.165, 1.54) is 0 Å². The molecule has 0 aromatic heterocycles. The fourth-order valence-corrected chi connectivity index (χ4v) is 1.95. The molecule has 4 heteroatoms. The summed E-state index contributed by atoms with van der Waals surface area (Å²) in [4.78, 5) is 23.5. The summed E-state index contributed by atoms with van der Waals surface area (Å²) in [6, 6.07) is 15.0. The van der Waals surface area contributed by atoms with Crippen LogP contribution >= 0.6 is 0 Å². The zero-order valence-corrected chi connectivity index (χ0v) is 12.8. The average molecular weight is 297 g/mol. The van der Waals surface area contributed by atoms with Crippen LogP contribution in [0.3, 0.4) is 0 Å². The molecule has 0 unspecified atom stereocenters. The minimum Gasteiger partial charge on any atom is -0.425 e. The number of nitrogens with one attached hydrogen (secondary N) is 1. The van der Waals surface area contributed by atoms with Gasteiger partial charge < -0.3 is 10.1 Å². The molecule has 0 saturated carbocycles. The van der Waals surface area contributed by atoms with E-state index >= 15 is 0 Å². The van der Waals surface area contributed by atoms with Crippen molar-refractivity contribution in [3.05, 3.63) is 65.2 Å². The predicted octanol–water partition coefficient (Wildman–Crippen LogP) is 2.57. The zero-order valence-electron chi connectivity index (χ0n) is 12.8. The Morgan fingerprint density at radius 3 is 2.36 bits per heavy atom. The van der Waals surface area contributed by atoms with Gasteiger partial charge in [0.05, 0.1) is 6.42 Å². The molecule has 0 aliphatic carbocycles. The summed E-state index contributed by atoms with van der Waals surface area (Å²) >= 11 is 0. The van der Waals surface area contributed by atoms with Gasteiger partial charge in [-0.15, -0.1) is 0 Å². The average Bonchev–Trinajstić information content (AvgIpc) is 2.50. The number of ether oxygens (including phenoxy) is 1. The minimum absolute atomic E-state index is 0.140. The largest absolute Gasteiger partial charge is 0.425 e. The predicted molar refractivity (Wildman–Crippen MR) is 84.7 cm³/mol. The molecule has 0 atom stereocenters. The number of aryl methyl sites for hydroxylation is 2. The van der Waals surface area contributed by atoms with Crippen LogP contribution in [-0.2, 0) is 16.0 Å². The normalized spacial score (nSPS) is 10.1. The van der Waals surface area contributed by atoms with Crippen LogP contribution in [0.5, 0.6) is 5.75 Å². The standard InChI is InChI=1S/C18H19NO3/c1-13-7-9-15(10-8-13)11-17(20)19-12-18(21)22-16-6-4-3-5-14(16)2/h3-10H,11-12H2,1-2H3,(H,19,20). The highest BCUT2D eigenvalue weighted by Gasteiger charge is 2.09. The lowest BCUT2D eigenvalue weighted by Crippen LogP contribution is -2.33. The summed E-state index contributed by atoms with van der Waals surface area (Å²) in [5.41, 5.74) is 2.93. The quantitative estimate of drug-likeness (QED) is 0.681. The lowest BCUT2D eigenvalue weighted by Gasteiger charge is -2.08. The van der Waals surface area contributed by atoms with Gasteiger partial charge in [-0.1, -0.05) is 48.0 Å². The van der Waals surface area contributed by atoms with Crippen LogP contribution in [0.25, 0.3) is 0 Å². The van der Waals surface area contributed by atoms with Crippen LogP contribution < -0.4 is 10.1 Å². The van der Waals surface area contributed by atoms with E-state index in [9.17, 15) is 9.59 Å². The number of carbonyl (C=O) groups is 2. The Hall–Kier alpha value is -2.62.